The number of Topliss-reactive ketones (excluding diaryl/α,β-unsaturated/α-hetero) is 1. The molecule has 6 nitrogen and oxygen atoms in total. The fourth-order valence-corrected chi connectivity index (χ4v) is 5.16. The number of methoxy groups -OCH3 is 1. The Morgan fingerprint density at radius 3 is 2.44 bits per heavy atom. The van der Waals surface area contributed by atoms with E-state index in [1.807, 2.05) is 60.8 Å². The summed E-state index contributed by atoms with van der Waals surface area (Å²) in [6, 6.07) is 17.2. The summed E-state index contributed by atoms with van der Waals surface area (Å²) in [6.45, 7) is 2.56. The van der Waals surface area contributed by atoms with Crippen LogP contribution in [0, 0.1) is 0 Å². The number of H-pyrrole nitrogens is 1. The second kappa shape index (κ2) is 9.27. The van der Waals surface area contributed by atoms with Gasteiger partial charge in [0.2, 0.25) is 0 Å². The lowest BCUT2D eigenvalue weighted by molar-refractivity contribution is 0.0963. The first kappa shape index (κ1) is 22.1. The van der Waals surface area contributed by atoms with Gasteiger partial charge in [-0.1, -0.05) is 12.1 Å². The Morgan fingerprint density at radius 2 is 1.74 bits per heavy atom. The number of nitrogens with one attached hydrogen (secondary N) is 1. The molecule has 2 aromatic carbocycles. The highest BCUT2D eigenvalue weighted by atomic mass is 32.1. The van der Waals surface area contributed by atoms with Crippen molar-refractivity contribution in [2.45, 2.75) is 25.7 Å². The van der Waals surface area contributed by atoms with Gasteiger partial charge in [0.1, 0.15) is 16.5 Å². The van der Waals surface area contributed by atoms with E-state index < -0.39 is 0 Å². The molecule has 1 atom stereocenters. The van der Waals surface area contributed by atoms with E-state index in [0.717, 1.165) is 28.3 Å². The molecule has 1 aliphatic carbocycles. The number of carbonyl (C=O) groups excluding carboxylic acids is 1. The summed E-state index contributed by atoms with van der Waals surface area (Å²) >= 11 is 1.39. The van der Waals surface area contributed by atoms with Crippen molar-refractivity contribution in [1.82, 2.24) is 9.97 Å². The molecule has 1 N–H and O–H groups in total. The van der Waals surface area contributed by atoms with Crippen molar-refractivity contribution >= 4 is 17.1 Å². The molecule has 0 fully saturated rings. The Kier molecular flexibility index (Phi) is 6.02. The number of thiazole rings is 1. The zero-order valence-corrected chi connectivity index (χ0v) is 19.8. The molecular weight excluding hydrogens is 448 g/mol. The second-order valence-electron chi connectivity index (χ2n) is 8.20. The summed E-state index contributed by atoms with van der Waals surface area (Å²) in [5.74, 6) is 1.64. The normalized spacial score (nSPS) is 15.1. The van der Waals surface area contributed by atoms with Crippen LogP contribution in [0.15, 0.2) is 64.8 Å². The number of carbonyl (C=O) groups is 1. The van der Waals surface area contributed by atoms with E-state index in [2.05, 4.69) is 9.97 Å². The molecule has 5 rings (SSSR count). The number of ketones is 1. The van der Waals surface area contributed by atoms with Crippen LogP contribution in [0.4, 0.5) is 0 Å². The average molecular weight is 473 g/mol. The number of hydrogen-bond acceptors (Lipinski definition) is 6. The van der Waals surface area contributed by atoms with Gasteiger partial charge < -0.3 is 14.5 Å². The van der Waals surface area contributed by atoms with E-state index in [1.54, 1.807) is 13.2 Å². The molecule has 4 aromatic rings. The Labute approximate surface area is 201 Å². The van der Waals surface area contributed by atoms with E-state index in [0.29, 0.717) is 41.3 Å². The zero-order chi connectivity index (χ0) is 23.7. The van der Waals surface area contributed by atoms with E-state index in [9.17, 15) is 9.59 Å². The van der Waals surface area contributed by atoms with Crippen LogP contribution in [0.2, 0.25) is 0 Å². The van der Waals surface area contributed by atoms with Crippen LogP contribution >= 0.6 is 11.3 Å². The molecule has 0 saturated heterocycles. The first-order chi connectivity index (χ1) is 16.6. The van der Waals surface area contributed by atoms with Crippen LogP contribution in [0.5, 0.6) is 11.5 Å². The molecule has 7 heteroatoms. The summed E-state index contributed by atoms with van der Waals surface area (Å²) in [7, 11) is 1.63. The van der Waals surface area contributed by atoms with Gasteiger partial charge in [-0.05, 0) is 67.3 Å². The van der Waals surface area contributed by atoms with Gasteiger partial charge in [0, 0.05) is 28.6 Å². The largest absolute Gasteiger partial charge is 0.497 e. The van der Waals surface area contributed by atoms with Gasteiger partial charge in [-0.3, -0.25) is 9.59 Å². The van der Waals surface area contributed by atoms with E-state index in [-0.39, 0.29) is 17.3 Å². The minimum Gasteiger partial charge on any atom is -0.497 e. The number of hydrogen-bond donors (Lipinski definition) is 1. The summed E-state index contributed by atoms with van der Waals surface area (Å²) in [5, 5.41) is 2.52. The van der Waals surface area contributed by atoms with Gasteiger partial charge in [-0.2, -0.15) is 0 Å². The molecule has 0 unspecified atom stereocenters. The van der Waals surface area contributed by atoms with Crippen LogP contribution in [0.25, 0.3) is 21.8 Å². The molecule has 2 aromatic heterocycles. The Bertz CT molecular complexity index is 1390. The molecule has 172 valence electrons. The third-order valence-electron chi connectivity index (χ3n) is 6.09. The number of pyridine rings is 1. The Hall–Kier alpha value is -3.71. The van der Waals surface area contributed by atoms with Gasteiger partial charge in [0.05, 0.1) is 25.0 Å². The molecule has 0 aliphatic heterocycles. The van der Waals surface area contributed by atoms with Gasteiger partial charge in [0.15, 0.2) is 5.78 Å². The number of ether oxygens (including phenoxy) is 2. The lowest BCUT2D eigenvalue weighted by Gasteiger charge is -2.24. The highest BCUT2D eigenvalue weighted by molar-refractivity contribution is 7.13. The van der Waals surface area contributed by atoms with Gasteiger partial charge in [-0.15, -0.1) is 11.3 Å². The fraction of sp³-hybridized carbons (Fsp3) is 0.222. The third kappa shape index (κ3) is 4.26. The average Bonchev–Trinajstić information content (AvgIpc) is 3.34. The minimum absolute atomic E-state index is 0.0264. The zero-order valence-electron chi connectivity index (χ0n) is 19.0. The smallest absolute Gasteiger partial charge is 0.258 e. The topological polar surface area (TPSA) is 81.3 Å². The van der Waals surface area contributed by atoms with Crippen molar-refractivity contribution in [3.05, 3.63) is 87.2 Å². The number of nitrogens with zero attached hydrogens (tertiary/aromatic N) is 1. The van der Waals surface area contributed by atoms with Crippen molar-refractivity contribution < 1.29 is 14.3 Å². The number of aromatic amines is 1. The number of benzene rings is 2. The quantitative estimate of drug-likeness (QED) is 0.402. The van der Waals surface area contributed by atoms with Crippen molar-refractivity contribution in [2.75, 3.05) is 13.7 Å². The van der Waals surface area contributed by atoms with Crippen LogP contribution in [0.1, 0.15) is 40.9 Å². The van der Waals surface area contributed by atoms with Crippen molar-refractivity contribution in [3.8, 4) is 33.3 Å². The predicted molar refractivity (Wildman–Crippen MR) is 133 cm³/mol. The predicted octanol–water partition coefficient (Wildman–Crippen LogP) is 5.49. The molecule has 0 bridgehead atoms. The number of aromatic nitrogens is 2. The first-order valence-electron chi connectivity index (χ1n) is 11.2. The summed E-state index contributed by atoms with van der Waals surface area (Å²) in [4.78, 5) is 33.6. The molecule has 0 amide bonds. The lowest BCUT2D eigenvalue weighted by atomic mass is 9.81. The van der Waals surface area contributed by atoms with Crippen molar-refractivity contribution in [3.63, 3.8) is 0 Å². The first-order valence-corrected chi connectivity index (χ1v) is 12.1. The number of rotatable bonds is 6. The number of fused-ring (bicyclic) bond motifs is 1. The van der Waals surface area contributed by atoms with E-state index in [4.69, 9.17) is 9.47 Å². The third-order valence-corrected chi connectivity index (χ3v) is 6.96. The Balaban J connectivity index is 1.42. The highest BCUT2D eigenvalue weighted by Crippen LogP contribution is 2.34. The van der Waals surface area contributed by atoms with E-state index >= 15 is 0 Å². The summed E-state index contributed by atoms with van der Waals surface area (Å²) in [6.07, 6.45) is 1.01. The van der Waals surface area contributed by atoms with E-state index in [1.165, 1.54) is 11.3 Å². The molecule has 1 aliphatic rings. The summed E-state index contributed by atoms with van der Waals surface area (Å²) < 4.78 is 10.7. The SMILES string of the molecule is CCOc1ccc(-c2csc(-c3cc4c([nH]c3=O)C[C@H](c3ccc(OC)cc3)CC4=O)n2)cc1. The molecular formula is C27H24N2O4S. The fourth-order valence-electron chi connectivity index (χ4n) is 4.32. The molecule has 0 radical (unpaired) electrons. The van der Waals surface area contributed by atoms with Crippen LogP contribution in [-0.2, 0) is 6.42 Å². The van der Waals surface area contributed by atoms with Crippen molar-refractivity contribution in [2.24, 2.45) is 0 Å². The summed E-state index contributed by atoms with van der Waals surface area (Å²) in [5.41, 5.74) is 4.26. The maximum atomic E-state index is 13.0. The second-order valence-corrected chi connectivity index (χ2v) is 9.06. The monoisotopic (exact) mass is 472 g/mol. The molecule has 0 saturated carbocycles. The van der Waals surface area contributed by atoms with Gasteiger partial charge in [0.25, 0.3) is 5.56 Å². The maximum absolute atomic E-state index is 13.0. The van der Waals surface area contributed by atoms with Crippen LogP contribution in [0.3, 0.4) is 0 Å². The van der Waals surface area contributed by atoms with Gasteiger partial charge >= 0.3 is 0 Å². The lowest BCUT2D eigenvalue weighted by Crippen LogP contribution is -2.24. The Morgan fingerprint density at radius 1 is 1.00 bits per heavy atom. The van der Waals surface area contributed by atoms with Gasteiger partial charge in [-0.25, -0.2) is 4.98 Å². The minimum atomic E-state index is -0.227. The van der Waals surface area contributed by atoms with Crippen LogP contribution in [-0.4, -0.2) is 29.5 Å². The standard InChI is InChI=1S/C27H24N2O4S/c1-3-33-20-10-6-17(7-11-20)24-15-34-27(29-24)22-14-21-23(28-26(22)31)12-18(13-25(21)30)16-4-8-19(32-2)9-5-16/h4-11,14-15,18H,3,12-13H2,1-2H3,(H,28,31)/t18-/m0/s1. The molecule has 2 heterocycles. The maximum Gasteiger partial charge on any atom is 0.258 e. The molecule has 0 spiro atoms. The molecule has 34 heavy (non-hydrogen) atoms. The van der Waals surface area contributed by atoms with Crippen molar-refractivity contribution in [1.29, 1.82) is 0 Å². The highest BCUT2D eigenvalue weighted by Gasteiger charge is 2.28. The van der Waals surface area contributed by atoms with Crippen LogP contribution < -0.4 is 15.0 Å².